The Labute approximate surface area is 272 Å². The molecule has 1 aliphatic rings. The highest BCUT2D eigenvalue weighted by atomic mass is 32.2. The quantitative estimate of drug-likeness (QED) is 0.0401. The van der Waals surface area contributed by atoms with Crippen LogP contribution in [0.2, 0.25) is 0 Å². The molecule has 0 aromatic carbocycles. The fourth-order valence-corrected chi connectivity index (χ4v) is 6.31. The third-order valence-electron chi connectivity index (χ3n) is 8.42. The summed E-state index contributed by atoms with van der Waals surface area (Å²) in [6, 6.07) is 0. The molecule has 0 aromatic heterocycles. The van der Waals surface area contributed by atoms with Gasteiger partial charge in [0.15, 0.2) is 6.29 Å². The highest BCUT2D eigenvalue weighted by Crippen LogP contribution is 2.23. The average Bonchev–Trinajstić information content (AvgIpc) is 2.99. The summed E-state index contributed by atoms with van der Waals surface area (Å²) in [5.41, 5.74) is 0. The second-order valence-electron chi connectivity index (χ2n) is 12.8. The fraction of sp³-hybridized carbons (Fsp3) is 0.970. The van der Waals surface area contributed by atoms with Crippen molar-refractivity contribution in [2.24, 2.45) is 0 Å². The summed E-state index contributed by atoms with van der Waals surface area (Å²) >= 11 is 0. The van der Waals surface area contributed by atoms with E-state index in [1.165, 1.54) is 109 Å². The van der Waals surface area contributed by atoms with Crippen LogP contribution < -0.4 is 0 Å². The molecule has 1 rings (SSSR count). The molecule has 1 aliphatic heterocycles. The van der Waals surface area contributed by atoms with Gasteiger partial charge >= 0.3 is 5.97 Å². The van der Waals surface area contributed by atoms with Gasteiger partial charge in [-0.3, -0.25) is 9.35 Å². The Morgan fingerprint density at radius 1 is 0.667 bits per heavy atom. The number of hydrogen-bond acceptors (Lipinski definition) is 10. The van der Waals surface area contributed by atoms with Crippen molar-refractivity contribution in [3.63, 3.8) is 0 Å². The van der Waals surface area contributed by atoms with Gasteiger partial charge in [0.05, 0.1) is 6.61 Å². The lowest BCUT2D eigenvalue weighted by Gasteiger charge is -2.40. The van der Waals surface area contributed by atoms with Crippen molar-refractivity contribution < 1.29 is 52.4 Å². The Balaban J connectivity index is 1.93. The van der Waals surface area contributed by atoms with E-state index in [4.69, 9.17) is 18.8 Å². The number of aliphatic hydroxyl groups is 4. The predicted octanol–water partition coefficient (Wildman–Crippen LogP) is 5.20. The summed E-state index contributed by atoms with van der Waals surface area (Å²) in [6.45, 7) is 1.47. The molecule has 1 unspecified atom stereocenters. The molecule has 1 heterocycles. The molecule has 11 nitrogen and oxygen atoms in total. The molecule has 12 heteroatoms. The summed E-state index contributed by atoms with van der Waals surface area (Å²) in [5.74, 6) is -1.45. The van der Waals surface area contributed by atoms with Gasteiger partial charge in [-0.25, -0.2) is 0 Å². The van der Waals surface area contributed by atoms with E-state index in [1.807, 2.05) is 0 Å². The molecule has 45 heavy (non-hydrogen) atoms. The smallest absolute Gasteiger partial charge is 0.305 e. The maximum atomic E-state index is 12.0. The summed E-state index contributed by atoms with van der Waals surface area (Å²) in [7, 11) is -4.54. The number of ether oxygens (including phenoxy) is 3. The van der Waals surface area contributed by atoms with Gasteiger partial charge in [-0.15, -0.1) is 0 Å². The molecule has 1 saturated heterocycles. The van der Waals surface area contributed by atoms with E-state index in [0.29, 0.717) is 6.42 Å². The van der Waals surface area contributed by atoms with E-state index in [1.54, 1.807) is 0 Å². The lowest BCUT2D eigenvalue weighted by Crippen LogP contribution is -2.60. The second-order valence-corrected chi connectivity index (χ2v) is 14.3. The van der Waals surface area contributed by atoms with Crippen molar-refractivity contribution in [3.05, 3.63) is 0 Å². The van der Waals surface area contributed by atoms with Crippen LogP contribution in [0.15, 0.2) is 0 Å². The topological polar surface area (TPSA) is 180 Å². The molecule has 1 fully saturated rings. The average molecular weight is 669 g/mol. The van der Waals surface area contributed by atoms with Crippen LogP contribution >= 0.6 is 0 Å². The van der Waals surface area contributed by atoms with Gasteiger partial charge in [-0.1, -0.05) is 135 Å². The van der Waals surface area contributed by atoms with Crippen LogP contribution in [0, 0.1) is 0 Å². The minimum absolute atomic E-state index is 0.248. The molecule has 0 amide bonds. The van der Waals surface area contributed by atoms with Crippen LogP contribution in [0.25, 0.3) is 0 Å². The zero-order valence-corrected chi connectivity index (χ0v) is 28.6. The molecule has 0 bridgehead atoms. The predicted molar refractivity (Wildman–Crippen MR) is 173 cm³/mol. The molecule has 0 aliphatic carbocycles. The second kappa shape index (κ2) is 26.1. The Morgan fingerprint density at radius 2 is 1.09 bits per heavy atom. The molecule has 5 N–H and O–H groups in total. The molecule has 6 atom stereocenters. The van der Waals surface area contributed by atoms with Crippen molar-refractivity contribution in [2.45, 2.75) is 185 Å². The summed E-state index contributed by atoms with van der Waals surface area (Å²) < 4.78 is 46.6. The highest BCUT2D eigenvalue weighted by Gasteiger charge is 2.45. The molecule has 0 aromatic rings. The zero-order valence-electron chi connectivity index (χ0n) is 27.7. The van der Waals surface area contributed by atoms with Crippen molar-refractivity contribution in [1.82, 2.24) is 0 Å². The minimum Gasteiger partial charge on any atom is -0.463 e. The van der Waals surface area contributed by atoms with Gasteiger partial charge in [0.25, 0.3) is 10.1 Å². The Hall–Kier alpha value is -0.860. The van der Waals surface area contributed by atoms with Gasteiger partial charge < -0.3 is 34.6 Å². The summed E-state index contributed by atoms with van der Waals surface area (Å²) in [4.78, 5) is 12.0. The van der Waals surface area contributed by atoms with Crippen molar-refractivity contribution >= 4 is 16.1 Å². The van der Waals surface area contributed by atoms with Crippen LogP contribution in [-0.2, 0) is 29.1 Å². The molecule has 268 valence electrons. The van der Waals surface area contributed by atoms with Crippen LogP contribution in [0.1, 0.15) is 148 Å². The lowest BCUT2D eigenvalue weighted by atomic mass is 10.00. The van der Waals surface area contributed by atoms with Crippen LogP contribution in [-0.4, -0.2) is 95.1 Å². The highest BCUT2D eigenvalue weighted by molar-refractivity contribution is 7.85. The Kier molecular flexibility index (Phi) is 24.5. The number of rotatable bonds is 29. The van der Waals surface area contributed by atoms with Crippen LogP contribution in [0.5, 0.6) is 0 Å². The molecule has 0 spiro atoms. The number of unbranched alkanes of at least 4 members (excludes halogenated alkanes) is 20. The monoisotopic (exact) mass is 668 g/mol. The van der Waals surface area contributed by atoms with E-state index in [0.717, 1.165) is 19.3 Å². The molecule has 0 radical (unpaired) electrons. The number of carbonyl (C=O) groups excluding carboxylic acids is 1. The first-order valence-corrected chi connectivity index (χ1v) is 19.3. The Morgan fingerprint density at radius 3 is 1.51 bits per heavy atom. The minimum atomic E-state index is -4.54. The van der Waals surface area contributed by atoms with Crippen LogP contribution in [0.4, 0.5) is 0 Å². The van der Waals surface area contributed by atoms with Gasteiger partial charge in [-0.2, -0.15) is 8.42 Å². The Bertz CT molecular complexity index is 825. The normalized spacial score (nSPS) is 22.8. The number of aliphatic hydroxyl groups excluding tert-OH is 4. The number of carbonyl (C=O) groups is 1. The number of hydrogen-bond donors (Lipinski definition) is 5. The lowest BCUT2D eigenvalue weighted by molar-refractivity contribution is -0.296. The van der Waals surface area contributed by atoms with Crippen molar-refractivity contribution in [1.29, 1.82) is 0 Å². The van der Waals surface area contributed by atoms with E-state index in [2.05, 4.69) is 6.92 Å². The largest absolute Gasteiger partial charge is 0.463 e. The third-order valence-corrected chi connectivity index (χ3v) is 9.17. The van der Waals surface area contributed by atoms with Gasteiger partial charge in [-0.05, 0) is 6.42 Å². The summed E-state index contributed by atoms with van der Waals surface area (Å²) in [5, 5.41) is 39.8. The SMILES string of the molecule is CCCCCCCCCCCCCCCCCCCCCCCC(=O)OCC(O)CO[C@H]1O[C@H](CS(=O)(=O)O)[C@@H](O)[C@H](O)[C@H]1O. The molecular formula is C33H64O11S. The van der Waals surface area contributed by atoms with Gasteiger partial charge in [0.1, 0.15) is 42.9 Å². The van der Waals surface area contributed by atoms with E-state index in [9.17, 15) is 33.6 Å². The van der Waals surface area contributed by atoms with Gasteiger partial charge in [0.2, 0.25) is 0 Å². The van der Waals surface area contributed by atoms with Crippen molar-refractivity contribution in [2.75, 3.05) is 19.0 Å². The number of esters is 1. The molecular weight excluding hydrogens is 604 g/mol. The van der Waals surface area contributed by atoms with Crippen molar-refractivity contribution in [3.8, 4) is 0 Å². The third kappa shape index (κ3) is 22.4. The van der Waals surface area contributed by atoms with E-state index < -0.39 is 65.3 Å². The standard InChI is InChI=1S/C33H64O11S/c1-2-3-4-5-6-7-8-9-10-11-12-13-14-15-16-17-18-19-20-21-22-23-29(35)42-24-27(34)25-43-33-32(38)31(37)30(36)28(44-33)26-45(39,40)41/h27-28,30-34,36-38H,2-26H2,1H3,(H,39,40,41)/t27?,28-,30-,31+,32-,33+/m1/s1. The van der Waals surface area contributed by atoms with Crippen LogP contribution in [0.3, 0.4) is 0 Å². The molecule has 0 saturated carbocycles. The maximum absolute atomic E-state index is 12.0. The summed E-state index contributed by atoms with van der Waals surface area (Å²) in [6.07, 6.45) is 17.7. The van der Waals surface area contributed by atoms with Gasteiger partial charge in [0, 0.05) is 6.42 Å². The first-order chi connectivity index (χ1) is 21.5. The fourth-order valence-electron chi connectivity index (χ4n) is 5.62. The first-order valence-electron chi connectivity index (χ1n) is 17.6. The maximum Gasteiger partial charge on any atom is 0.305 e. The van der Waals surface area contributed by atoms with E-state index in [-0.39, 0.29) is 13.0 Å². The zero-order chi connectivity index (χ0) is 33.3. The van der Waals surface area contributed by atoms with E-state index >= 15 is 0 Å². The first kappa shape index (κ1) is 42.2.